The van der Waals surface area contributed by atoms with Crippen LogP contribution in [0.3, 0.4) is 0 Å². The van der Waals surface area contributed by atoms with E-state index in [1.807, 2.05) is 33.9 Å². The standard InChI is InChI=1S/C12H21N3O/c1-6-9-8-10(13-5)15-11(14-9)12(3,4)16-7-2/h8H,6-7H2,1-5H3,(H,13,14,15). The first-order valence-electron chi connectivity index (χ1n) is 5.73. The van der Waals surface area contributed by atoms with Gasteiger partial charge in [0.2, 0.25) is 0 Å². The van der Waals surface area contributed by atoms with E-state index in [1.54, 1.807) is 0 Å². The summed E-state index contributed by atoms with van der Waals surface area (Å²) in [6.07, 6.45) is 0.895. The molecule has 0 fully saturated rings. The van der Waals surface area contributed by atoms with Crippen LogP contribution < -0.4 is 5.32 Å². The average Bonchev–Trinajstić information content (AvgIpc) is 2.28. The van der Waals surface area contributed by atoms with E-state index < -0.39 is 5.60 Å². The number of anilines is 1. The third-order valence-electron chi connectivity index (χ3n) is 2.44. The van der Waals surface area contributed by atoms with E-state index in [0.717, 1.165) is 23.8 Å². The van der Waals surface area contributed by atoms with Crippen LogP contribution in [0.2, 0.25) is 0 Å². The number of aromatic nitrogens is 2. The molecule has 0 saturated carbocycles. The Labute approximate surface area is 97.5 Å². The van der Waals surface area contributed by atoms with E-state index in [9.17, 15) is 0 Å². The molecule has 0 saturated heterocycles. The quantitative estimate of drug-likeness (QED) is 0.832. The molecule has 1 N–H and O–H groups in total. The van der Waals surface area contributed by atoms with Crippen molar-refractivity contribution in [3.05, 3.63) is 17.6 Å². The summed E-state index contributed by atoms with van der Waals surface area (Å²) in [5, 5.41) is 3.05. The molecule has 16 heavy (non-hydrogen) atoms. The Balaban J connectivity index is 3.11. The zero-order valence-electron chi connectivity index (χ0n) is 10.8. The Morgan fingerprint density at radius 1 is 1.31 bits per heavy atom. The Kier molecular flexibility index (Phi) is 4.24. The molecule has 1 aromatic heterocycles. The van der Waals surface area contributed by atoms with Gasteiger partial charge in [-0.15, -0.1) is 0 Å². The fourth-order valence-electron chi connectivity index (χ4n) is 1.50. The lowest BCUT2D eigenvalue weighted by Crippen LogP contribution is -2.25. The van der Waals surface area contributed by atoms with Gasteiger partial charge in [-0.3, -0.25) is 0 Å². The maximum Gasteiger partial charge on any atom is 0.162 e. The second kappa shape index (κ2) is 5.25. The van der Waals surface area contributed by atoms with Gasteiger partial charge in [0.05, 0.1) is 0 Å². The van der Waals surface area contributed by atoms with Crippen LogP contribution in [0.5, 0.6) is 0 Å². The van der Waals surface area contributed by atoms with Crippen LogP contribution >= 0.6 is 0 Å². The molecular weight excluding hydrogens is 202 g/mol. The number of hydrogen-bond donors (Lipinski definition) is 1. The Morgan fingerprint density at radius 3 is 2.50 bits per heavy atom. The minimum absolute atomic E-state index is 0.439. The largest absolute Gasteiger partial charge is 0.373 e. The van der Waals surface area contributed by atoms with Gasteiger partial charge in [-0.2, -0.15) is 0 Å². The molecule has 0 amide bonds. The summed E-state index contributed by atoms with van der Waals surface area (Å²) < 4.78 is 5.66. The van der Waals surface area contributed by atoms with Gasteiger partial charge in [0, 0.05) is 25.4 Å². The first-order valence-corrected chi connectivity index (χ1v) is 5.73. The van der Waals surface area contributed by atoms with E-state index in [0.29, 0.717) is 6.61 Å². The van der Waals surface area contributed by atoms with E-state index in [2.05, 4.69) is 22.2 Å². The van der Waals surface area contributed by atoms with Crippen LogP contribution in [0, 0.1) is 0 Å². The third kappa shape index (κ3) is 2.92. The second-order valence-corrected chi connectivity index (χ2v) is 4.12. The van der Waals surface area contributed by atoms with Gasteiger partial charge in [-0.1, -0.05) is 6.92 Å². The van der Waals surface area contributed by atoms with E-state index in [4.69, 9.17) is 4.74 Å². The normalized spacial score (nSPS) is 11.6. The highest BCUT2D eigenvalue weighted by Gasteiger charge is 2.25. The van der Waals surface area contributed by atoms with Gasteiger partial charge in [-0.25, -0.2) is 9.97 Å². The van der Waals surface area contributed by atoms with Gasteiger partial charge < -0.3 is 10.1 Å². The van der Waals surface area contributed by atoms with E-state index >= 15 is 0 Å². The molecule has 0 aliphatic carbocycles. The van der Waals surface area contributed by atoms with Gasteiger partial charge in [0.15, 0.2) is 5.82 Å². The molecule has 4 heteroatoms. The SMILES string of the molecule is CCOC(C)(C)c1nc(CC)cc(NC)n1. The first kappa shape index (κ1) is 12.9. The van der Waals surface area contributed by atoms with Gasteiger partial charge in [0.1, 0.15) is 11.4 Å². The van der Waals surface area contributed by atoms with Crippen LogP contribution in [0.1, 0.15) is 39.2 Å². The topological polar surface area (TPSA) is 47.0 Å². The number of hydrogen-bond acceptors (Lipinski definition) is 4. The first-order chi connectivity index (χ1) is 7.53. The summed E-state index contributed by atoms with van der Waals surface area (Å²) in [5.41, 5.74) is 0.591. The number of rotatable bonds is 5. The highest BCUT2D eigenvalue weighted by molar-refractivity contribution is 5.35. The summed E-state index contributed by atoms with van der Waals surface area (Å²) >= 11 is 0. The molecule has 0 bridgehead atoms. The fourth-order valence-corrected chi connectivity index (χ4v) is 1.50. The van der Waals surface area contributed by atoms with Gasteiger partial charge in [0.25, 0.3) is 0 Å². The lowest BCUT2D eigenvalue weighted by Gasteiger charge is -2.23. The average molecular weight is 223 g/mol. The third-order valence-corrected chi connectivity index (χ3v) is 2.44. The summed E-state index contributed by atoms with van der Waals surface area (Å²) in [4.78, 5) is 8.96. The zero-order chi connectivity index (χ0) is 12.2. The van der Waals surface area contributed by atoms with E-state index in [-0.39, 0.29) is 0 Å². The van der Waals surface area contributed by atoms with Crippen molar-refractivity contribution in [2.45, 2.75) is 39.7 Å². The van der Waals surface area contributed by atoms with Crippen molar-refractivity contribution >= 4 is 5.82 Å². The van der Waals surface area contributed by atoms with E-state index in [1.165, 1.54) is 0 Å². The lowest BCUT2D eigenvalue weighted by molar-refractivity contribution is -0.0208. The highest BCUT2D eigenvalue weighted by atomic mass is 16.5. The van der Waals surface area contributed by atoms with Crippen molar-refractivity contribution < 1.29 is 4.74 Å². The predicted octanol–water partition coefficient (Wildman–Crippen LogP) is 2.35. The molecular formula is C12H21N3O. The van der Waals surface area contributed by atoms with Crippen LogP contribution in [-0.2, 0) is 16.8 Å². The van der Waals surface area contributed by atoms with Gasteiger partial charge >= 0.3 is 0 Å². The Bertz CT molecular complexity index is 328. The molecule has 0 radical (unpaired) electrons. The Hall–Kier alpha value is -1.16. The molecule has 0 aliphatic rings. The minimum Gasteiger partial charge on any atom is -0.373 e. The molecule has 0 unspecified atom stereocenters. The molecule has 0 atom stereocenters. The smallest absolute Gasteiger partial charge is 0.162 e. The molecule has 0 aliphatic heterocycles. The molecule has 1 aromatic rings. The molecule has 1 rings (SSSR count). The molecule has 90 valence electrons. The molecule has 4 nitrogen and oxygen atoms in total. The van der Waals surface area contributed by atoms with Crippen molar-refractivity contribution in [2.24, 2.45) is 0 Å². The summed E-state index contributed by atoms with van der Waals surface area (Å²) in [6, 6.07) is 1.96. The fraction of sp³-hybridized carbons (Fsp3) is 0.667. The molecule has 0 spiro atoms. The predicted molar refractivity (Wildman–Crippen MR) is 65.6 cm³/mol. The zero-order valence-corrected chi connectivity index (χ0v) is 10.8. The number of nitrogens with zero attached hydrogens (tertiary/aromatic N) is 2. The van der Waals surface area contributed by atoms with Crippen molar-refractivity contribution in [1.82, 2.24) is 9.97 Å². The number of aryl methyl sites for hydroxylation is 1. The maximum absolute atomic E-state index is 5.66. The van der Waals surface area contributed by atoms with Crippen LogP contribution in [0.15, 0.2) is 6.07 Å². The van der Waals surface area contributed by atoms with Crippen molar-refractivity contribution in [2.75, 3.05) is 19.0 Å². The van der Waals surface area contributed by atoms with Crippen molar-refractivity contribution in [3.8, 4) is 0 Å². The van der Waals surface area contributed by atoms with Crippen molar-refractivity contribution in [1.29, 1.82) is 0 Å². The highest BCUT2D eigenvalue weighted by Crippen LogP contribution is 2.22. The molecule has 1 heterocycles. The van der Waals surface area contributed by atoms with Crippen LogP contribution in [-0.4, -0.2) is 23.6 Å². The summed E-state index contributed by atoms with van der Waals surface area (Å²) in [7, 11) is 1.86. The summed E-state index contributed by atoms with van der Waals surface area (Å²) in [6.45, 7) is 8.70. The summed E-state index contributed by atoms with van der Waals surface area (Å²) in [5.74, 6) is 1.58. The second-order valence-electron chi connectivity index (χ2n) is 4.12. The minimum atomic E-state index is -0.439. The maximum atomic E-state index is 5.66. The monoisotopic (exact) mass is 223 g/mol. The Morgan fingerprint density at radius 2 is 2.00 bits per heavy atom. The van der Waals surface area contributed by atoms with Crippen LogP contribution in [0.4, 0.5) is 5.82 Å². The number of ether oxygens (including phenoxy) is 1. The van der Waals surface area contributed by atoms with Gasteiger partial charge in [-0.05, 0) is 27.2 Å². The lowest BCUT2D eigenvalue weighted by atomic mass is 10.1. The number of nitrogens with one attached hydrogen (secondary N) is 1. The van der Waals surface area contributed by atoms with Crippen LogP contribution in [0.25, 0.3) is 0 Å². The molecule has 0 aromatic carbocycles. The van der Waals surface area contributed by atoms with Crippen molar-refractivity contribution in [3.63, 3.8) is 0 Å².